The summed E-state index contributed by atoms with van der Waals surface area (Å²) in [5.74, 6) is 1.62. The number of rotatable bonds is 35. The zero-order valence-corrected chi connectivity index (χ0v) is 30.3. The van der Waals surface area contributed by atoms with E-state index in [0.717, 1.165) is 0 Å². The van der Waals surface area contributed by atoms with Crippen LogP contribution in [0, 0.1) is 0 Å². The van der Waals surface area contributed by atoms with Crippen LogP contribution < -0.4 is 4.57 Å². The Bertz CT molecular complexity index is 663. The predicted molar refractivity (Wildman–Crippen MR) is 193 cm³/mol. The quantitative estimate of drug-likeness (QED) is 0.0540. The molecule has 0 aliphatic carbocycles. The molecule has 0 N–H and O–H groups in total. The van der Waals surface area contributed by atoms with Crippen LogP contribution in [0.25, 0.3) is 0 Å². The first-order chi connectivity index (χ1) is 21.3. The van der Waals surface area contributed by atoms with Gasteiger partial charge in [0.15, 0.2) is 0 Å². The zero-order valence-electron chi connectivity index (χ0n) is 30.3. The molecule has 1 rings (SSSR count). The lowest BCUT2D eigenvalue weighted by Crippen LogP contribution is -2.37. The highest BCUT2D eigenvalue weighted by Gasteiger charge is 2.16. The second-order valence-electron chi connectivity index (χ2n) is 14.1. The van der Waals surface area contributed by atoms with Crippen molar-refractivity contribution < 1.29 is 4.57 Å². The number of hydrogen-bond donors (Lipinski definition) is 0. The van der Waals surface area contributed by atoms with E-state index in [2.05, 4.69) is 42.3 Å². The molecule has 1 aromatic heterocycles. The molecule has 0 radical (unpaired) electrons. The highest BCUT2D eigenvalue weighted by atomic mass is 15.1. The predicted octanol–water partition coefficient (Wildman–Crippen LogP) is 13.9. The third-order valence-electron chi connectivity index (χ3n) is 9.85. The minimum absolute atomic E-state index is 1.23. The summed E-state index contributed by atoms with van der Waals surface area (Å²) in [5.41, 5.74) is 0. The fourth-order valence-electron chi connectivity index (χ4n) is 6.86. The molecule has 254 valence electrons. The lowest BCUT2D eigenvalue weighted by Gasteiger charge is -2.07. The molecular formula is C41H81N2+. The van der Waals surface area contributed by atoms with E-state index >= 15 is 0 Å². The zero-order chi connectivity index (χ0) is 30.9. The molecule has 0 fully saturated rings. The molecule has 0 bridgehead atoms. The summed E-state index contributed by atoms with van der Waals surface area (Å²) in [5, 5.41) is 0. The molecule has 0 aliphatic rings. The standard InChI is InChI=1S/C41H81N2/c1-4-7-10-13-16-18-20-21-22-24-26-29-32-35-38-43-40-39-42(37-34-31-28-15-12-9-6-3)41(43)36-33-30-27-25-23-19-17-14-11-8-5-2/h39-40H,4-38H2,1-3H3/q+1. The molecular weight excluding hydrogens is 520 g/mol. The summed E-state index contributed by atoms with van der Waals surface area (Å²) < 4.78 is 5.27. The Labute approximate surface area is 272 Å². The van der Waals surface area contributed by atoms with Crippen LogP contribution in [0.1, 0.15) is 232 Å². The highest BCUT2D eigenvalue weighted by molar-refractivity contribution is 4.84. The highest BCUT2D eigenvalue weighted by Crippen LogP contribution is 2.15. The molecule has 0 aromatic carbocycles. The van der Waals surface area contributed by atoms with E-state index in [1.807, 2.05) is 0 Å². The van der Waals surface area contributed by atoms with Gasteiger partial charge in [-0.3, -0.25) is 0 Å². The fraction of sp³-hybridized carbons (Fsp3) is 0.927. The van der Waals surface area contributed by atoms with Gasteiger partial charge in [-0.25, -0.2) is 9.13 Å². The van der Waals surface area contributed by atoms with E-state index in [0.29, 0.717) is 0 Å². The Morgan fingerprint density at radius 1 is 0.395 bits per heavy atom. The first-order valence-electron chi connectivity index (χ1n) is 20.4. The Balaban J connectivity index is 2.26. The van der Waals surface area contributed by atoms with Gasteiger partial charge in [-0.1, -0.05) is 194 Å². The average Bonchev–Trinajstić information content (AvgIpc) is 3.40. The van der Waals surface area contributed by atoms with Crippen LogP contribution in [0.5, 0.6) is 0 Å². The first-order valence-corrected chi connectivity index (χ1v) is 20.4. The van der Waals surface area contributed by atoms with Crippen molar-refractivity contribution in [2.24, 2.45) is 0 Å². The van der Waals surface area contributed by atoms with Crippen molar-refractivity contribution in [3.8, 4) is 0 Å². The molecule has 0 saturated heterocycles. The molecule has 0 amide bonds. The number of unbranched alkanes of at least 4 members (excludes halogenated alkanes) is 29. The van der Waals surface area contributed by atoms with E-state index in [1.54, 1.807) is 5.82 Å². The van der Waals surface area contributed by atoms with Crippen LogP contribution in [0.3, 0.4) is 0 Å². The molecule has 0 aliphatic heterocycles. The normalized spacial score (nSPS) is 11.6. The van der Waals surface area contributed by atoms with Crippen molar-refractivity contribution in [2.75, 3.05) is 0 Å². The minimum Gasteiger partial charge on any atom is -0.234 e. The Morgan fingerprint density at radius 3 is 1.12 bits per heavy atom. The number of imidazole rings is 1. The SMILES string of the molecule is CCCCCCCCCCCCCCCCn1cc[n+](CCCCCCCCC)c1CCCCCCCCCCCCC. The largest absolute Gasteiger partial charge is 0.256 e. The van der Waals surface area contributed by atoms with Crippen LogP contribution in [0.4, 0.5) is 0 Å². The van der Waals surface area contributed by atoms with Gasteiger partial charge in [0.2, 0.25) is 0 Å². The van der Waals surface area contributed by atoms with Crippen molar-refractivity contribution in [3.05, 3.63) is 18.2 Å². The van der Waals surface area contributed by atoms with E-state index in [4.69, 9.17) is 0 Å². The molecule has 0 unspecified atom stereocenters. The van der Waals surface area contributed by atoms with Gasteiger partial charge < -0.3 is 0 Å². The van der Waals surface area contributed by atoms with E-state index in [1.165, 1.54) is 225 Å². The molecule has 0 saturated carbocycles. The summed E-state index contributed by atoms with van der Waals surface area (Å²) in [4.78, 5) is 0. The first kappa shape index (κ1) is 40.2. The van der Waals surface area contributed by atoms with Crippen molar-refractivity contribution in [3.63, 3.8) is 0 Å². The third kappa shape index (κ3) is 25.1. The maximum Gasteiger partial charge on any atom is 0.256 e. The lowest BCUT2D eigenvalue weighted by molar-refractivity contribution is -0.704. The third-order valence-corrected chi connectivity index (χ3v) is 9.85. The van der Waals surface area contributed by atoms with Crippen molar-refractivity contribution >= 4 is 0 Å². The van der Waals surface area contributed by atoms with Crippen LogP contribution in [-0.2, 0) is 19.5 Å². The van der Waals surface area contributed by atoms with Crippen LogP contribution >= 0.6 is 0 Å². The summed E-state index contributed by atoms with van der Waals surface area (Å²) in [6.07, 6.45) is 51.9. The van der Waals surface area contributed by atoms with Gasteiger partial charge in [-0.2, -0.15) is 0 Å². The number of aromatic nitrogens is 2. The Morgan fingerprint density at radius 2 is 0.721 bits per heavy atom. The Hall–Kier alpha value is -0.790. The van der Waals surface area contributed by atoms with Gasteiger partial charge in [-0.05, 0) is 32.1 Å². The minimum atomic E-state index is 1.23. The van der Waals surface area contributed by atoms with Crippen LogP contribution in [0.2, 0.25) is 0 Å². The number of aryl methyl sites for hydroxylation is 2. The monoisotopic (exact) mass is 602 g/mol. The summed E-state index contributed by atoms with van der Waals surface area (Å²) in [6.45, 7) is 9.40. The summed E-state index contributed by atoms with van der Waals surface area (Å²) >= 11 is 0. The maximum atomic E-state index is 2.64. The van der Waals surface area contributed by atoms with E-state index < -0.39 is 0 Å². The Kier molecular flexibility index (Phi) is 30.5. The van der Waals surface area contributed by atoms with Crippen molar-refractivity contribution in [2.45, 2.75) is 246 Å². The van der Waals surface area contributed by atoms with Gasteiger partial charge in [0.05, 0.1) is 13.1 Å². The smallest absolute Gasteiger partial charge is 0.234 e. The summed E-state index contributed by atoms with van der Waals surface area (Å²) in [7, 11) is 0. The molecule has 0 spiro atoms. The van der Waals surface area contributed by atoms with Gasteiger partial charge in [0.1, 0.15) is 12.4 Å². The summed E-state index contributed by atoms with van der Waals surface area (Å²) in [6, 6.07) is 0. The number of hydrogen-bond acceptors (Lipinski definition) is 0. The topological polar surface area (TPSA) is 8.81 Å². The van der Waals surface area contributed by atoms with Crippen molar-refractivity contribution in [1.82, 2.24) is 4.57 Å². The second-order valence-corrected chi connectivity index (χ2v) is 14.1. The average molecular weight is 602 g/mol. The van der Waals surface area contributed by atoms with Crippen LogP contribution in [0.15, 0.2) is 12.4 Å². The molecule has 1 heterocycles. The van der Waals surface area contributed by atoms with Gasteiger partial charge in [0.25, 0.3) is 5.82 Å². The maximum absolute atomic E-state index is 2.64. The molecule has 1 aromatic rings. The van der Waals surface area contributed by atoms with E-state index in [9.17, 15) is 0 Å². The van der Waals surface area contributed by atoms with Gasteiger partial charge in [0, 0.05) is 6.42 Å². The van der Waals surface area contributed by atoms with Crippen molar-refractivity contribution in [1.29, 1.82) is 0 Å². The second kappa shape index (κ2) is 32.6. The van der Waals surface area contributed by atoms with Gasteiger partial charge >= 0.3 is 0 Å². The molecule has 2 heteroatoms. The molecule has 2 nitrogen and oxygen atoms in total. The van der Waals surface area contributed by atoms with Crippen LogP contribution in [-0.4, -0.2) is 4.57 Å². The van der Waals surface area contributed by atoms with Gasteiger partial charge in [-0.15, -0.1) is 0 Å². The molecule has 43 heavy (non-hydrogen) atoms. The fourth-order valence-corrected chi connectivity index (χ4v) is 6.86. The molecule has 0 atom stereocenters. The van der Waals surface area contributed by atoms with E-state index in [-0.39, 0.29) is 0 Å². The number of nitrogens with zero attached hydrogens (tertiary/aromatic N) is 2. The lowest BCUT2D eigenvalue weighted by atomic mass is 10.0.